The summed E-state index contributed by atoms with van der Waals surface area (Å²) in [6.45, 7) is 6.34. The first-order valence-corrected chi connectivity index (χ1v) is 10.1. The minimum atomic E-state index is -0.489. The van der Waals surface area contributed by atoms with Gasteiger partial charge in [-0.05, 0) is 18.2 Å². The van der Waals surface area contributed by atoms with Gasteiger partial charge >= 0.3 is 11.8 Å². The van der Waals surface area contributed by atoms with Gasteiger partial charge in [-0.3, -0.25) is 4.79 Å². The quantitative estimate of drug-likeness (QED) is 0.540. The zero-order chi connectivity index (χ0) is 21.8. The molecule has 160 valence electrons. The lowest BCUT2D eigenvalue weighted by Gasteiger charge is -2.32. The fourth-order valence-corrected chi connectivity index (χ4v) is 3.85. The second kappa shape index (κ2) is 6.93. The molecule has 5 rings (SSSR count). The van der Waals surface area contributed by atoms with Gasteiger partial charge in [-0.2, -0.15) is 5.10 Å². The molecule has 0 fully saturated rings. The number of nitrogens with zero attached hydrogens (tertiary/aromatic N) is 6. The minimum Gasteiger partial charge on any atom is -0.494 e. The van der Waals surface area contributed by atoms with Crippen LogP contribution in [-0.4, -0.2) is 54.2 Å². The number of fused-ring (bicyclic) bond motifs is 2. The number of pyridine rings is 1. The zero-order valence-corrected chi connectivity index (χ0v) is 17.8. The maximum atomic E-state index is 13.4. The largest absolute Gasteiger partial charge is 0.494 e. The second-order valence-electron chi connectivity index (χ2n) is 8.56. The number of imidazole rings is 1. The Balaban J connectivity index is 1.59. The summed E-state index contributed by atoms with van der Waals surface area (Å²) in [5, 5.41) is 12.8. The van der Waals surface area contributed by atoms with Crippen LogP contribution in [0.25, 0.3) is 5.52 Å². The molecule has 1 aliphatic heterocycles. The number of hydrogen-bond donors (Lipinski definition) is 1. The van der Waals surface area contributed by atoms with Gasteiger partial charge in [0.25, 0.3) is 0 Å². The van der Waals surface area contributed by atoms with Crippen molar-refractivity contribution >= 4 is 11.4 Å². The van der Waals surface area contributed by atoms with Crippen molar-refractivity contribution in [3.05, 3.63) is 59.6 Å². The van der Waals surface area contributed by atoms with Gasteiger partial charge in [0, 0.05) is 30.3 Å². The summed E-state index contributed by atoms with van der Waals surface area (Å²) in [6, 6.07) is 5.16. The third-order valence-electron chi connectivity index (χ3n) is 5.42. The number of nitrogens with one attached hydrogen (secondary N) is 1. The standard InChI is InChI=1S/C21H23N7O3/c1-21(2,3)20-25-24-18(31-20)19(29)27-9-7-12-16(23-11-22-12)17(27)13-10-14-15(30-4)6-5-8-28(14)26-13/h5-6,8,10-11,17H,7,9H2,1-4H3,(H,22,23). The number of rotatable bonds is 3. The Bertz CT molecular complexity index is 1260. The van der Waals surface area contributed by atoms with E-state index in [1.54, 1.807) is 22.9 Å². The van der Waals surface area contributed by atoms with Crippen molar-refractivity contribution in [2.45, 2.75) is 38.6 Å². The van der Waals surface area contributed by atoms with E-state index in [1.807, 2.05) is 45.2 Å². The van der Waals surface area contributed by atoms with Crippen LogP contribution in [0.15, 0.2) is 35.1 Å². The summed E-state index contributed by atoms with van der Waals surface area (Å²) in [4.78, 5) is 22.8. The lowest BCUT2D eigenvalue weighted by atomic mass is 9.97. The van der Waals surface area contributed by atoms with Crippen LogP contribution in [0.3, 0.4) is 0 Å². The summed E-state index contributed by atoms with van der Waals surface area (Å²) in [5.41, 5.74) is 2.89. The molecule has 0 aromatic carbocycles. The van der Waals surface area contributed by atoms with Gasteiger partial charge in [0.05, 0.1) is 24.8 Å². The molecule has 1 atom stereocenters. The molecule has 10 nitrogen and oxygen atoms in total. The molecule has 10 heteroatoms. The molecule has 4 aromatic heterocycles. The van der Waals surface area contributed by atoms with Crippen LogP contribution < -0.4 is 4.74 Å². The van der Waals surface area contributed by atoms with E-state index in [0.29, 0.717) is 30.3 Å². The van der Waals surface area contributed by atoms with Crippen molar-refractivity contribution in [1.82, 2.24) is 34.7 Å². The zero-order valence-electron chi connectivity index (χ0n) is 17.8. The van der Waals surface area contributed by atoms with E-state index < -0.39 is 6.04 Å². The topological polar surface area (TPSA) is 114 Å². The molecular formula is C21H23N7O3. The number of carbonyl (C=O) groups is 1. The molecule has 0 saturated heterocycles. The SMILES string of the molecule is COc1cccn2nc(C3c4nc[nH]c4CCN3C(=O)c3nnc(C(C)(C)C)o3)cc12. The monoisotopic (exact) mass is 421 g/mol. The Morgan fingerprint density at radius 3 is 2.90 bits per heavy atom. The molecule has 1 N–H and O–H groups in total. The summed E-state index contributed by atoms with van der Waals surface area (Å²) >= 11 is 0. The summed E-state index contributed by atoms with van der Waals surface area (Å²) in [5.74, 6) is 0.743. The lowest BCUT2D eigenvalue weighted by Crippen LogP contribution is -2.41. The van der Waals surface area contributed by atoms with Gasteiger partial charge in [-0.25, -0.2) is 9.50 Å². The molecule has 31 heavy (non-hydrogen) atoms. The van der Waals surface area contributed by atoms with E-state index in [-0.39, 0.29) is 17.2 Å². The fraction of sp³-hybridized carbons (Fsp3) is 0.381. The van der Waals surface area contributed by atoms with E-state index in [4.69, 9.17) is 14.3 Å². The van der Waals surface area contributed by atoms with Crippen LogP contribution in [0.2, 0.25) is 0 Å². The number of aromatic amines is 1. The van der Waals surface area contributed by atoms with E-state index in [9.17, 15) is 4.79 Å². The van der Waals surface area contributed by atoms with Gasteiger partial charge in [-0.15, -0.1) is 10.2 Å². The van der Waals surface area contributed by atoms with Crippen LogP contribution >= 0.6 is 0 Å². The number of aromatic nitrogens is 6. The number of ether oxygens (including phenoxy) is 1. The number of carbonyl (C=O) groups excluding carboxylic acids is 1. The van der Waals surface area contributed by atoms with E-state index in [0.717, 1.165) is 16.9 Å². The summed E-state index contributed by atoms with van der Waals surface area (Å²) in [7, 11) is 1.62. The van der Waals surface area contributed by atoms with Crippen LogP contribution in [0.4, 0.5) is 0 Å². The molecule has 0 spiro atoms. The average Bonchev–Trinajstić information content (AvgIpc) is 3.50. The predicted octanol–water partition coefficient (Wildman–Crippen LogP) is 2.53. The van der Waals surface area contributed by atoms with Gasteiger partial charge in [0.1, 0.15) is 17.3 Å². The minimum absolute atomic E-state index is 0.0322. The van der Waals surface area contributed by atoms with E-state index in [1.165, 1.54) is 0 Å². The Labute approximate surface area is 178 Å². The van der Waals surface area contributed by atoms with Crippen LogP contribution in [0.5, 0.6) is 5.75 Å². The van der Waals surface area contributed by atoms with Crippen molar-refractivity contribution in [2.24, 2.45) is 0 Å². The number of hydrogen-bond acceptors (Lipinski definition) is 7. The Morgan fingerprint density at radius 1 is 1.32 bits per heavy atom. The van der Waals surface area contributed by atoms with Crippen molar-refractivity contribution in [1.29, 1.82) is 0 Å². The first kappa shape index (κ1) is 19.3. The van der Waals surface area contributed by atoms with Crippen molar-refractivity contribution in [2.75, 3.05) is 13.7 Å². The van der Waals surface area contributed by atoms with E-state index >= 15 is 0 Å². The smallest absolute Gasteiger partial charge is 0.312 e. The highest BCUT2D eigenvalue weighted by Gasteiger charge is 2.38. The van der Waals surface area contributed by atoms with Gasteiger partial charge in [-0.1, -0.05) is 20.8 Å². The second-order valence-corrected chi connectivity index (χ2v) is 8.56. The average molecular weight is 421 g/mol. The Morgan fingerprint density at radius 2 is 2.16 bits per heavy atom. The van der Waals surface area contributed by atoms with Crippen molar-refractivity contribution in [3.63, 3.8) is 0 Å². The van der Waals surface area contributed by atoms with Crippen molar-refractivity contribution < 1.29 is 13.9 Å². The molecule has 0 aliphatic carbocycles. The van der Waals surface area contributed by atoms with Gasteiger partial charge < -0.3 is 19.0 Å². The highest BCUT2D eigenvalue weighted by Crippen LogP contribution is 2.35. The third kappa shape index (κ3) is 3.15. The number of methoxy groups -OCH3 is 1. The van der Waals surface area contributed by atoms with Crippen LogP contribution in [0, 0.1) is 0 Å². The lowest BCUT2D eigenvalue weighted by molar-refractivity contribution is 0.0642. The molecule has 0 saturated carbocycles. The molecule has 1 amide bonds. The van der Waals surface area contributed by atoms with Gasteiger partial charge in [0.15, 0.2) is 0 Å². The third-order valence-corrected chi connectivity index (χ3v) is 5.42. The summed E-state index contributed by atoms with van der Waals surface area (Å²) < 4.78 is 12.9. The normalized spacial score (nSPS) is 16.5. The maximum Gasteiger partial charge on any atom is 0.312 e. The molecule has 0 bridgehead atoms. The maximum absolute atomic E-state index is 13.4. The van der Waals surface area contributed by atoms with Crippen LogP contribution in [-0.2, 0) is 11.8 Å². The predicted molar refractivity (Wildman–Crippen MR) is 110 cm³/mol. The molecule has 4 aromatic rings. The first-order valence-electron chi connectivity index (χ1n) is 10.1. The summed E-state index contributed by atoms with van der Waals surface area (Å²) in [6.07, 6.45) is 4.14. The van der Waals surface area contributed by atoms with Gasteiger partial charge in [0.2, 0.25) is 5.89 Å². The first-order chi connectivity index (χ1) is 14.9. The Kier molecular flexibility index (Phi) is 4.31. The Hall–Kier alpha value is -3.69. The van der Waals surface area contributed by atoms with Crippen LogP contribution in [0.1, 0.15) is 60.5 Å². The molecule has 5 heterocycles. The molecule has 1 aliphatic rings. The number of amides is 1. The fourth-order valence-electron chi connectivity index (χ4n) is 3.85. The molecule has 0 radical (unpaired) electrons. The highest BCUT2D eigenvalue weighted by atomic mass is 16.5. The molecule has 1 unspecified atom stereocenters. The highest BCUT2D eigenvalue weighted by molar-refractivity contribution is 5.90. The molecular weight excluding hydrogens is 398 g/mol. The number of H-pyrrole nitrogens is 1. The van der Waals surface area contributed by atoms with E-state index in [2.05, 4.69) is 20.2 Å². The van der Waals surface area contributed by atoms with Crippen molar-refractivity contribution in [3.8, 4) is 5.75 Å².